The summed E-state index contributed by atoms with van der Waals surface area (Å²) in [5.74, 6) is -0.292. The number of ether oxygens (including phenoxy) is 1. The Morgan fingerprint density at radius 1 is 1.27 bits per heavy atom. The molecule has 1 aliphatic heterocycles. The van der Waals surface area contributed by atoms with Crippen LogP contribution in [0.15, 0.2) is 17.1 Å². The zero-order chi connectivity index (χ0) is 21.3. The van der Waals surface area contributed by atoms with Gasteiger partial charge in [-0.05, 0) is 44.7 Å². The quantitative estimate of drug-likeness (QED) is 0.800. The topological polar surface area (TPSA) is 81.4 Å². The second-order valence-corrected chi connectivity index (χ2v) is 8.31. The molecule has 0 aromatic carbocycles. The Kier molecular flexibility index (Phi) is 6.06. The normalized spacial score (nSPS) is 19.5. The van der Waals surface area contributed by atoms with E-state index in [2.05, 4.69) is 15.3 Å². The molecule has 8 nitrogen and oxygen atoms in total. The van der Waals surface area contributed by atoms with E-state index in [1.807, 2.05) is 31.6 Å². The Balaban J connectivity index is 1.52. The number of hydrogen-bond acceptors (Lipinski definition) is 5. The van der Waals surface area contributed by atoms with E-state index in [0.717, 1.165) is 63.4 Å². The SMILES string of the molecule is Cc1ccn(CCN2CCOCC2)c(=O)c1C(=O)NC1CCCc2c1c(C)nn2C. The fraction of sp³-hybridized carbons (Fsp3) is 0.591. The fourth-order valence-corrected chi connectivity index (χ4v) is 4.66. The zero-order valence-corrected chi connectivity index (χ0v) is 18.1. The highest BCUT2D eigenvalue weighted by Gasteiger charge is 2.28. The van der Waals surface area contributed by atoms with Crippen molar-refractivity contribution >= 4 is 5.91 Å². The Hall–Kier alpha value is -2.45. The monoisotopic (exact) mass is 413 g/mol. The number of pyridine rings is 1. The molecule has 8 heteroatoms. The molecule has 1 atom stereocenters. The Bertz CT molecular complexity index is 987. The molecule has 2 aliphatic rings. The lowest BCUT2D eigenvalue weighted by molar-refractivity contribution is 0.0362. The van der Waals surface area contributed by atoms with Crippen molar-refractivity contribution in [3.63, 3.8) is 0 Å². The van der Waals surface area contributed by atoms with Gasteiger partial charge in [0, 0.05) is 50.7 Å². The van der Waals surface area contributed by atoms with E-state index in [0.29, 0.717) is 12.1 Å². The van der Waals surface area contributed by atoms with Gasteiger partial charge in [0.2, 0.25) is 0 Å². The molecule has 0 saturated carbocycles. The minimum absolute atomic E-state index is 0.101. The number of fused-ring (bicyclic) bond motifs is 1. The van der Waals surface area contributed by atoms with Crippen LogP contribution in [-0.4, -0.2) is 58.0 Å². The molecule has 30 heavy (non-hydrogen) atoms. The summed E-state index contributed by atoms with van der Waals surface area (Å²) in [5, 5.41) is 7.65. The van der Waals surface area contributed by atoms with E-state index in [4.69, 9.17) is 4.74 Å². The van der Waals surface area contributed by atoms with Gasteiger partial charge in [-0.3, -0.25) is 19.2 Å². The average molecular weight is 414 g/mol. The molecule has 0 spiro atoms. The molecule has 1 fully saturated rings. The van der Waals surface area contributed by atoms with Gasteiger partial charge in [0.1, 0.15) is 5.56 Å². The van der Waals surface area contributed by atoms with E-state index in [-0.39, 0.29) is 23.1 Å². The summed E-state index contributed by atoms with van der Waals surface area (Å²) in [5.41, 5.74) is 3.96. The number of nitrogens with zero attached hydrogens (tertiary/aromatic N) is 4. The first-order valence-corrected chi connectivity index (χ1v) is 10.8. The van der Waals surface area contributed by atoms with Crippen LogP contribution in [0.3, 0.4) is 0 Å². The zero-order valence-electron chi connectivity index (χ0n) is 18.1. The van der Waals surface area contributed by atoms with Crippen LogP contribution in [0.2, 0.25) is 0 Å². The van der Waals surface area contributed by atoms with Crippen LogP contribution in [0.4, 0.5) is 0 Å². The molecule has 0 bridgehead atoms. The molecule has 1 aliphatic carbocycles. The number of morpholine rings is 1. The Morgan fingerprint density at radius 3 is 2.80 bits per heavy atom. The molecule has 1 unspecified atom stereocenters. The summed E-state index contributed by atoms with van der Waals surface area (Å²) < 4.78 is 8.94. The lowest BCUT2D eigenvalue weighted by atomic mass is 9.90. The maximum absolute atomic E-state index is 13.2. The maximum Gasteiger partial charge on any atom is 0.263 e. The van der Waals surface area contributed by atoms with Crippen molar-refractivity contribution in [3.8, 4) is 0 Å². The van der Waals surface area contributed by atoms with Gasteiger partial charge < -0.3 is 14.6 Å². The fourth-order valence-electron chi connectivity index (χ4n) is 4.66. The van der Waals surface area contributed by atoms with Crippen molar-refractivity contribution in [2.45, 2.75) is 45.7 Å². The second-order valence-electron chi connectivity index (χ2n) is 8.31. The lowest BCUT2D eigenvalue weighted by Gasteiger charge is -2.27. The van der Waals surface area contributed by atoms with Gasteiger partial charge in [0.05, 0.1) is 24.9 Å². The van der Waals surface area contributed by atoms with Gasteiger partial charge >= 0.3 is 0 Å². The molecule has 1 N–H and O–H groups in total. The first-order chi connectivity index (χ1) is 14.5. The summed E-state index contributed by atoms with van der Waals surface area (Å²) in [6.45, 7) is 8.36. The van der Waals surface area contributed by atoms with Gasteiger partial charge in [-0.25, -0.2) is 0 Å². The van der Waals surface area contributed by atoms with Crippen molar-refractivity contribution in [1.29, 1.82) is 0 Å². The van der Waals surface area contributed by atoms with Crippen LogP contribution in [0.5, 0.6) is 0 Å². The maximum atomic E-state index is 13.2. The van der Waals surface area contributed by atoms with Crippen LogP contribution in [0.1, 0.15) is 51.8 Å². The number of carbonyl (C=O) groups is 1. The van der Waals surface area contributed by atoms with Crippen LogP contribution >= 0.6 is 0 Å². The van der Waals surface area contributed by atoms with Crippen molar-refractivity contribution in [1.82, 2.24) is 24.6 Å². The number of carbonyl (C=O) groups excluding carboxylic acids is 1. The molecular weight excluding hydrogens is 382 g/mol. The van der Waals surface area contributed by atoms with Crippen molar-refractivity contribution in [2.75, 3.05) is 32.8 Å². The standard InChI is InChI=1S/C22H31N5O3/c1-15-7-8-27(10-9-26-11-13-30-14-12-26)22(29)19(15)21(28)23-17-5-4-6-18-20(17)16(2)24-25(18)3/h7-8,17H,4-6,9-14H2,1-3H3,(H,23,28). The van der Waals surface area contributed by atoms with Crippen molar-refractivity contribution < 1.29 is 9.53 Å². The van der Waals surface area contributed by atoms with Gasteiger partial charge in [0.15, 0.2) is 0 Å². The van der Waals surface area contributed by atoms with Gasteiger partial charge in [-0.15, -0.1) is 0 Å². The van der Waals surface area contributed by atoms with Crippen LogP contribution in [0, 0.1) is 13.8 Å². The molecule has 3 heterocycles. The van der Waals surface area contributed by atoms with Crippen molar-refractivity contribution in [3.05, 3.63) is 50.7 Å². The van der Waals surface area contributed by atoms with E-state index in [1.165, 1.54) is 5.69 Å². The van der Waals surface area contributed by atoms with Gasteiger partial charge in [-0.1, -0.05) is 0 Å². The van der Waals surface area contributed by atoms with Crippen LogP contribution < -0.4 is 10.9 Å². The molecule has 1 amide bonds. The number of aromatic nitrogens is 3. The van der Waals surface area contributed by atoms with E-state index >= 15 is 0 Å². The molecule has 2 aromatic rings. The number of hydrogen-bond donors (Lipinski definition) is 1. The molecule has 2 aromatic heterocycles. The summed E-state index contributed by atoms with van der Waals surface area (Å²) in [6, 6.07) is 1.76. The first-order valence-electron chi connectivity index (χ1n) is 10.8. The van der Waals surface area contributed by atoms with E-state index < -0.39 is 0 Å². The first kappa shape index (κ1) is 20.8. The third-order valence-corrected chi connectivity index (χ3v) is 6.31. The highest BCUT2D eigenvalue weighted by Crippen LogP contribution is 2.32. The Labute approximate surface area is 176 Å². The third-order valence-electron chi connectivity index (χ3n) is 6.31. The molecule has 4 rings (SSSR count). The number of amides is 1. The van der Waals surface area contributed by atoms with Gasteiger partial charge in [0.25, 0.3) is 11.5 Å². The number of aryl methyl sites for hydroxylation is 3. The van der Waals surface area contributed by atoms with Gasteiger partial charge in [-0.2, -0.15) is 5.10 Å². The molecule has 0 radical (unpaired) electrons. The highest BCUT2D eigenvalue weighted by atomic mass is 16.5. The predicted molar refractivity (Wildman–Crippen MR) is 114 cm³/mol. The minimum atomic E-state index is -0.292. The third kappa shape index (κ3) is 4.06. The highest BCUT2D eigenvalue weighted by molar-refractivity contribution is 5.95. The number of nitrogens with one attached hydrogen (secondary N) is 1. The molecular formula is C22H31N5O3. The van der Waals surface area contributed by atoms with Crippen LogP contribution in [-0.2, 0) is 24.8 Å². The predicted octanol–water partition coefficient (Wildman–Crippen LogP) is 1.34. The second kappa shape index (κ2) is 8.73. The average Bonchev–Trinajstić information content (AvgIpc) is 3.03. The van der Waals surface area contributed by atoms with Crippen molar-refractivity contribution in [2.24, 2.45) is 7.05 Å². The van der Waals surface area contributed by atoms with E-state index in [9.17, 15) is 9.59 Å². The largest absolute Gasteiger partial charge is 0.379 e. The molecule has 162 valence electrons. The summed E-state index contributed by atoms with van der Waals surface area (Å²) >= 11 is 0. The summed E-state index contributed by atoms with van der Waals surface area (Å²) in [4.78, 5) is 28.5. The smallest absolute Gasteiger partial charge is 0.263 e. The lowest BCUT2D eigenvalue weighted by Crippen LogP contribution is -2.41. The summed E-state index contributed by atoms with van der Waals surface area (Å²) in [6.07, 6.45) is 4.62. The summed E-state index contributed by atoms with van der Waals surface area (Å²) in [7, 11) is 1.95. The number of rotatable bonds is 5. The Morgan fingerprint density at radius 2 is 2.03 bits per heavy atom. The molecule has 1 saturated heterocycles. The van der Waals surface area contributed by atoms with Crippen LogP contribution in [0.25, 0.3) is 0 Å². The van der Waals surface area contributed by atoms with E-state index in [1.54, 1.807) is 10.8 Å². The minimum Gasteiger partial charge on any atom is -0.379 e.